The molecule has 1 aliphatic heterocycles. The fourth-order valence-electron chi connectivity index (χ4n) is 2.90. The molecule has 1 heterocycles. The van der Waals surface area contributed by atoms with Crippen molar-refractivity contribution in [3.05, 3.63) is 28.0 Å². The lowest BCUT2D eigenvalue weighted by Crippen LogP contribution is -2.32. The topological polar surface area (TPSA) is 3.24 Å². The van der Waals surface area contributed by atoms with Gasteiger partial charge in [-0.25, -0.2) is 4.39 Å². The Morgan fingerprint density at radius 3 is 2.47 bits per heavy atom. The first kappa shape index (κ1) is 12.9. The van der Waals surface area contributed by atoms with Gasteiger partial charge in [0, 0.05) is 24.2 Å². The number of nitrogens with zero attached hydrogens (tertiary/aromatic N) is 1. The van der Waals surface area contributed by atoms with E-state index >= 15 is 0 Å². The SMILES string of the molecule is CCN1CC(CC)(CC)c2cc(Br)c(F)cc21. The Hall–Kier alpha value is -0.570. The molecular weight excluding hydrogens is 281 g/mol. The van der Waals surface area contributed by atoms with E-state index in [1.165, 1.54) is 5.56 Å². The van der Waals surface area contributed by atoms with Crippen molar-refractivity contribution in [1.82, 2.24) is 0 Å². The van der Waals surface area contributed by atoms with Crippen LogP contribution in [0.2, 0.25) is 0 Å². The van der Waals surface area contributed by atoms with Crippen molar-refractivity contribution in [3.63, 3.8) is 0 Å². The summed E-state index contributed by atoms with van der Waals surface area (Å²) >= 11 is 3.31. The zero-order valence-electron chi connectivity index (χ0n) is 10.7. The van der Waals surface area contributed by atoms with Crippen LogP contribution in [-0.2, 0) is 5.41 Å². The van der Waals surface area contributed by atoms with Crippen LogP contribution in [0.15, 0.2) is 16.6 Å². The molecule has 2 rings (SSSR count). The third-order valence-electron chi connectivity index (χ3n) is 4.18. The highest BCUT2D eigenvalue weighted by atomic mass is 79.9. The van der Waals surface area contributed by atoms with Crippen LogP contribution in [0.3, 0.4) is 0 Å². The number of rotatable bonds is 3. The fourth-order valence-corrected chi connectivity index (χ4v) is 3.24. The van der Waals surface area contributed by atoms with Crippen LogP contribution in [0.1, 0.15) is 39.2 Å². The Bertz CT molecular complexity index is 426. The monoisotopic (exact) mass is 299 g/mol. The highest BCUT2D eigenvalue weighted by Gasteiger charge is 2.39. The molecule has 0 unspecified atom stereocenters. The Labute approximate surface area is 111 Å². The number of likely N-dealkylation sites (N-methyl/N-ethyl adjacent to an activating group) is 1. The molecule has 0 aliphatic carbocycles. The van der Waals surface area contributed by atoms with E-state index < -0.39 is 0 Å². The summed E-state index contributed by atoms with van der Waals surface area (Å²) in [7, 11) is 0. The highest BCUT2D eigenvalue weighted by Crippen LogP contribution is 2.46. The number of fused-ring (bicyclic) bond motifs is 1. The highest BCUT2D eigenvalue weighted by molar-refractivity contribution is 9.10. The lowest BCUT2D eigenvalue weighted by molar-refractivity contribution is 0.421. The van der Waals surface area contributed by atoms with Gasteiger partial charge in [-0.15, -0.1) is 0 Å². The van der Waals surface area contributed by atoms with Crippen molar-refractivity contribution < 1.29 is 4.39 Å². The molecule has 1 aliphatic rings. The van der Waals surface area contributed by atoms with Crippen LogP contribution < -0.4 is 4.90 Å². The second kappa shape index (κ2) is 4.60. The van der Waals surface area contributed by atoms with Gasteiger partial charge in [-0.1, -0.05) is 13.8 Å². The molecule has 0 saturated carbocycles. The van der Waals surface area contributed by atoms with Crippen molar-refractivity contribution in [3.8, 4) is 0 Å². The Morgan fingerprint density at radius 1 is 1.29 bits per heavy atom. The van der Waals surface area contributed by atoms with Gasteiger partial charge in [-0.3, -0.25) is 0 Å². The summed E-state index contributed by atoms with van der Waals surface area (Å²) in [5.41, 5.74) is 2.58. The van der Waals surface area contributed by atoms with Crippen LogP contribution in [0.25, 0.3) is 0 Å². The van der Waals surface area contributed by atoms with E-state index in [1.807, 2.05) is 6.07 Å². The van der Waals surface area contributed by atoms with Crippen molar-refractivity contribution in [2.75, 3.05) is 18.0 Å². The summed E-state index contributed by atoms with van der Waals surface area (Å²) in [5.74, 6) is -0.162. The summed E-state index contributed by atoms with van der Waals surface area (Å²) in [5, 5.41) is 0. The molecule has 17 heavy (non-hydrogen) atoms. The van der Waals surface area contributed by atoms with Gasteiger partial charge < -0.3 is 4.90 Å². The number of halogens is 2. The Kier molecular flexibility index (Phi) is 3.48. The van der Waals surface area contributed by atoms with Crippen molar-refractivity contribution in [2.24, 2.45) is 0 Å². The van der Waals surface area contributed by atoms with Gasteiger partial charge in [-0.2, -0.15) is 0 Å². The Balaban J connectivity index is 2.60. The van der Waals surface area contributed by atoms with Crippen LogP contribution in [0.4, 0.5) is 10.1 Å². The lowest BCUT2D eigenvalue weighted by atomic mass is 9.78. The normalized spacial score (nSPS) is 17.4. The van der Waals surface area contributed by atoms with Crippen molar-refractivity contribution >= 4 is 21.6 Å². The van der Waals surface area contributed by atoms with Gasteiger partial charge >= 0.3 is 0 Å². The van der Waals surface area contributed by atoms with Crippen LogP contribution in [0, 0.1) is 5.82 Å². The van der Waals surface area contributed by atoms with Crippen LogP contribution >= 0.6 is 15.9 Å². The van der Waals surface area contributed by atoms with Gasteiger partial charge in [0.1, 0.15) is 5.82 Å². The van der Waals surface area contributed by atoms with Gasteiger partial charge in [0.2, 0.25) is 0 Å². The van der Waals surface area contributed by atoms with Gasteiger partial charge in [-0.05, 0) is 53.4 Å². The standard InChI is InChI=1S/C14H19BrFN/c1-4-14(5-2)9-17(6-3)13-8-12(16)11(15)7-10(13)14/h7-8H,4-6,9H2,1-3H3. The van der Waals surface area contributed by atoms with Gasteiger partial charge in [0.05, 0.1) is 4.47 Å². The van der Waals surface area contributed by atoms with Gasteiger partial charge in [0.25, 0.3) is 0 Å². The first-order valence-corrected chi connectivity index (χ1v) is 7.11. The molecule has 1 nitrogen and oxygen atoms in total. The lowest BCUT2D eigenvalue weighted by Gasteiger charge is -2.28. The molecule has 0 N–H and O–H groups in total. The fraction of sp³-hybridized carbons (Fsp3) is 0.571. The predicted molar refractivity (Wildman–Crippen MR) is 74.2 cm³/mol. The average Bonchev–Trinajstić information content (AvgIpc) is 2.64. The quantitative estimate of drug-likeness (QED) is 0.795. The second-order valence-electron chi connectivity index (χ2n) is 4.79. The molecular formula is C14H19BrFN. The molecule has 94 valence electrons. The maximum absolute atomic E-state index is 13.7. The largest absolute Gasteiger partial charge is 0.371 e. The van der Waals surface area contributed by atoms with Crippen molar-refractivity contribution in [2.45, 2.75) is 39.0 Å². The number of anilines is 1. The molecule has 0 spiro atoms. The van der Waals surface area contributed by atoms with E-state index in [-0.39, 0.29) is 11.2 Å². The summed E-state index contributed by atoms with van der Waals surface area (Å²) in [6, 6.07) is 3.66. The van der Waals surface area contributed by atoms with E-state index in [2.05, 4.69) is 41.6 Å². The average molecular weight is 300 g/mol. The third kappa shape index (κ3) is 1.88. The maximum Gasteiger partial charge on any atom is 0.139 e. The third-order valence-corrected chi connectivity index (χ3v) is 4.79. The summed E-state index contributed by atoms with van der Waals surface area (Å²) in [6.45, 7) is 8.54. The smallest absolute Gasteiger partial charge is 0.139 e. The van der Waals surface area contributed by atoms with E-state index in [0.717, 1.165) is 31.6 Å². The van der Waals surface area contributed by atoms with Crippen LogP contribution in [0.5, 0.6) is 0 Å². The first-order chi connectivity index (χ1) is 8.07. The summed E-state index contributed by atoms with van der Waals surface area (Å²) in [6.07, 6.45) is 2.20. The summed E-state index contributed by atoms with van der Waals surface area (Å²) < 4.78 is 14.3. The molecule has 0 bridgehead atoms. The van der Waals surface area contributed by atoms with Crippen LogP contribution in [-0.4, -0.2) is 13.1 Å². The zero-order valence-corrected chi connectivity index (χ0v) is 12.3. The zero-order chi connectivity index (χ0) is 12.6. The van der Waals surface area contributed by atoms with Crippen molar-refractivity contribution in [1.29, 1.82) is 0 Å². The number of hydrogen-bond acceptors (Lipinski definition) is 1. The molecule has 3 heteroatoms. The van der Waals surface area contributed by atoms with Gasteiger partial charge in [0.15, 0.2) is 0 Å². The number of benzene rings is 1. The summed E-state index contributed by atoms with van der Waals surface area (Å²) in [4.78, 5) is 2.29. The maximum atomic E-state index is 13.7. The minimum atomic E-state index is -0.162. The molecule has 0 radical (unpaired) electrons. The molecule has 0 aromatic heterocycles. The van der Waals surface area contributed by atoms with E-state index in [4.69, 9.17) is 0 Å². The molecule has 1 aromatic rings. The first-order valence-electron chi connectivity index (χ1n) is 6.32. The minimum absolute atomic E-state index is 0.162. The molecule has 1 aromatic carbocycles. The van der Waals surface area contributed by atoms with E-state index in [0.29, 0.717) is 4.47 Å². The Morgan fingerprint density at radius 2 is 1.94 bits per heavy atom. The van der Waals surface area contributed by atoms with E-state index in [9.17, 15) is 4.39 Å². The predicted octanol–water partition coefficient (Wildman–Crippen LogP) is 4.49. The number of hydrogen-bond donors (Lipinski definition) is 0. The van der Waals surface area contributed by atoms with E-state index in [1.54, 1.807) is 6.07 Å². The molecule has 0 fully saturated rings. The second-order valence-corrected chi connectivity index (χ2v) is 5.64. The molecule has 0 atom stereocenters. The minimum Gasteiger partial charge on any atom is -0.371 e. The molecule has 0 saturated heterocycles. The molecule has 0 amide bonds.